The molecule has 2 bridgehead atoms. The van der Waals surface area contributed by atoms with E-state index >= 15 is 0 Å². The summed E-state index contributed by atoms with van der Waals surface area (Å²) in [5.74, 6) is 1.54. The molecule has 1 atom stereocenters. The van der Waals surface area contributed by atoms with Crippen molar-refractivity contribution in [3.8, 4) is 5.75 Å². The summed E-state index contributed by atoms with van der Waals surface area (Å²) in [5.41, 5.74) is 2.09. The van der Waals surface area contributed by atoms with Gasteiger partial charge < -0.3 is 9.47 Å². The standard InChI is InChI=1S/C30H35N2O3/c33-30(31(27-12-6-2-7-13-27)19-16-25-10-4-1-5-11-25)35-29-24-26-17-20-32(29,21-18-26)22-23-34-28-14-8-3-9-15-28/h1-15,26,29H,16-24H2/q+1. The highest BCUT2D eigenvalue weighted by atomic mass is 16.6. The van der Waals surface area contributed by atoms with Gasteiger partial charge in [0.25, 0.3) is 0 Å². The molecule has 1 amide bonds. The smallest absolute Gasteiger partial charge is 0.418 e. The van der Waals surface area contributed by atoms with Gasteiger partial charge >= 0.3 is 6.09 Å². The first-order valence-corrected chi connectivity index (χ1v) is 12.8. The van der Waals surface area contributed by atoms with Gasteiger partial charge in [0.05, 0.1) is 13.1 Å². The second kappa shape index (κ2) is 11.0. The summed E-state index contributed by atoms with van der Waals surface area (Å²) < 4.78 is 13.2. The molecule has 5 heteroatoms. The molecule has 3 aromatic rings. The third-order valence-corrected chi connectivity index (χ3v) is 7.65. The lowest BCUT2D eigenvalue weighted by atomic mass is 9.84. The Balaban J connectivity index is 1.28. The number of quaternary nitrogens is 1. The minimum atomic E-state index is -0.244. The Kier molecular flexibility index (Phi) is 7.34. The van der Waals surface area contributed by atoms with E-state index < -0.39 is 0 Å². The number of amides is 1. The van der Waals surface area contributed by atoms with Crippen molar-refractivity contribution in [2.75, 3.05) is 37.7 Å². The molecule has 3 heterocycles. The number of hydrogen-bond acceptors (Lipinski definition) is 3. The van der Waals surface area contributed by atoms with Gasteiger partial charge in [-0.3, -0.25) is 9.38 Å². The molecule has 3 aliphatic heterocycles. The first-order valence-electron chi connectivity index (χ1n) is 12.8. The molecule has 3 aliphatic rings. The van der Waals surface area contributed by atoms with Crippen LogP contribution in [0, 0.1) is 5.92 Å². The molecule has 6 rings (SSSR count). The van der Waals surface area contributed by atoms with Crippen molar-refractivity contribution in [1.82, 2.24) is 0 Å². The molecule has 35 heavy (non-hydrogen) atoms. The van der Waals surface area contributed by atoms with Crippen LogP contribution in [-0.2, 0) is 11.2 Å². The molecular weight excluding hydrogens is 436 g/mol. The Morgan fingerprint density at radius 1 is 0.857 bits per heavy atom. The van der Waals surface area contributed by atoms with Gasteiger partial charge in [-0.05, 0) is 42.2 Å². The fourth-order valence-corrected chi connectivity index (χ4v) is 5.56. The molecule has 0 radical (unpaired) electrons. The van der Waals surface area contributed by atoms with Crippen molar-refractivity contribution in [2.45, 2.75) is 31.9 Å². The summed E-state index contributed by atoms with van der Waals surface area (Å²) in [6.45, 7) is 4.17. The highest BCUT2D eigenvalue weighted by molar-refractivity contribution is 5.87. The Labute approximate surface area is 208 Å². The van der Waals surface area contributed by atoms with Crippen LogP contribution in [0.2, 0.25) is 0 Å². The molecule has 0 N–H and O–H groups in total. The van der Waals surface area contributed by atoms with Crippen LogP contribution in [0.4, 0.5) is 10.5 Å². The number of carbonyl (C=O) groups excluding carboxylic acids is 1. The van der Waals surface area contributed by atoms with Crippen LogP contribution in [0.3, 0.4) is 0 Å². The van der Waals surface area contributed by atoms with Crippen LogP contribution in [-0.4, -0.2) is 49.6 Å². The Hall–Kier alpha value is -3.31. The lowest BCUT2D eigenvalue weighted by Gasteiger charge is -2.53. The minimum Gasteiger partial charge on any atom is -0.488 e. The average Bonchev–Trinajstić information content (AvgIpc) is 2.91. The first kappa shape index (κ1) is 23.4. The minimum absolute atomic E-state index is 0.114. The Morgan fingerprint density at radius 3 is 2.17 bits per heavy atom. The number of nitrogens with zero attached hydrogens (tertiary/aromatic N) is 2. The molecule has 0 saturated carbocycles. The topological polar surface area (TPSA) is 38.8 Å². The van der Waals surface area contributed by atoms with Crippen molar-refractivity contribution in [1.29, 1.82) is 0 Å². The van der Waals surface area contributed by atoms with Crippen LogP contribution in [0.5, 0.6) is 5.75 Å². The van der Waals surface area contributed by atoms with Crippen LogP contribution in [0.25, 0.3) is 0 Å². The predicted molar refractivity (Wildman–Crippen MR) is 138 cm³/mol. The molecule has 0 aliphatic carbocycles. The highest BCUT2D eigenvalue weighted by Gasteiger charge is 2.49. The van der Waals surface area contributed by atoms with Gasteiger partial charge in [0.2, 0.25) is 6.23 Å². The second-order valence-corrected chi connectivity index (χ2v) is 9.79. The van der Waals surface area contributed by atoms with E-state index in [9.17, 15) is 4.79 Å². The monoisotopic (exact) mass is 471 g/mol. The fourth-order valence-electron chi connectivity index (χ4n) is 5.56. The van der Waals surface area contributed by atoms with Gasteiger partial charge in [0, 0.05) is 31.5 Å². The molecule has 5 nitrogen and oxygen atoms in total. The fraction of sp³-hybridized carbons (Fsp3) is 0.367. The van der Waals surface area contributed by atoms with Gasteiger partial charge in [-0.2, -0.15) is 0 Å². The number of para-hydroxylation sites is 2. The summed E-state index contributed by atoms with van der Waals surface area (Å²) in [5, 5.41) is 0. The maximum Gasteiger partial charge on any atom is 0.418 e. The van der Waals surface area contributed by atoms with Crippen LogP contribution < -0.4 is 9.64 Å². The van der Waals surface area contributed by atoms with E-state index in [1.165, 1.54) is 18.4 Å². The van der Waals surface area contributed by atoms with Crippen LogP contribution in [0.1, 0.15) is 24.8 Å². The summed E-state index contributed by atoms with van der Waals surface area (Å²) in [4.78, 5) is 15.4. The van der Waals surface area contributed by atoms with Crippen molar-refractivity contribution >= 4 is 11.8 Å². The summed E-state index contributed by atoms with van der Waals surface area (Å²) in [6.07, 6.45) is 3.77. The molecule has 1 unspecified atom stereocenters. The molecule has 0 aromatic heterocycles. The number of ether oxygens (including phenoxy) is 2. The third kappa shape index (κ3) is 5.68. The van der Waals surface area contributed by atoms with Gasteiger partial charge in [-0.15, -0.1) is 0 Å². The van der Waals surface area contributed by atoms with Crippen LogP contribution in [0.15, 0.2) is 91.0 Å². The van der Waals surface area contributed by atoms with E-state index in [1.54, 1.807) is 4.90 Å². The maximum atomic E-state index is 13.6. The van der Waals surface area contributed by atoms with E-state index in [-0.39, 0.29) is 12.3 Å². The van der Waals surface area contributed by atoms with Crippen molar-refractivity contribution in [2.24, 2.45) is 5.92 Å². The lowest BCUT2D eigenvalue weighted by Crippen LogP contribution is -2.66. The number of anilines is 1. The SMILES string of the molecule is O=C(OC1CC2CC[N+]1(CCOc1ccccc1)CC2)N(CCc1ccccc1)c1ccccc1. The number of carbonyl (C=O) groups is 1. The summed E-state index contributed by atoms with van der Waals surface area (Å²) in [6, 6.07) is 30.2. The van der Waals surface area contributed by atoms with Gasteiger partial charge in [-0.1, -0.05) is 66.7 Å². The summed E-state index contributed by atoms with van der Waals surface area (Å²) in [7, 11) is 0. The highest BCUT2D eigenvalue weighted by Crippen LogP contribution is 2.39. The van der Waals surface area contributed by atoms with E-state index in [0.717, 1.165) is 48.4 Å². The van der Waals surface area contributed by atoms with E-state index in [2.05, 4.69) is 12.1 Å². The molecular formula is C30H35N2O3+. The number of piperidine rings is 3. The molecule has 182 valence electrons. The largest absolute Gasteiger partial charge is 0.488 e. The molecule has 3 fully saturated rings. The zero-order valence-corrected chi connectivity index (χ0v) is 20.3. The number of rotatable bonds is 9. The zero-order valence-electron chi connectivity index (χ0n) is 20.3. The van der Waals surface area contributed by atoms with Crippen molar-refractivity contribution in [3.05, 3.63) is 96.6 Å². The third-order valence-electron chi connectivity index (χ3n) is 7.65. The first-order chi connectivity index (χ1) is 17.2. The van der Waals surface area contributed by atoms with E-state index in [1.807, 2.05) is 78.9 Å². The van der Waals surface area contributed by atoms with Gasteiger partial charge in [-0.25, -0.2) is 4.79 Å². The van der Waals surface area contributed by atoms with Crippen LogP contribution >= 0.6 is 0 Å². The number of hydrogen-bond donors (Lipinski definition) is 0. The Morgan fingerprint density at radius 2 is 1.49 bits per heavy atom. The number of fused-ring (bicyclic) bond motifs is 3. The second-order valence-electron chi connectivity index (χ2n) is 9.79. The van der Waals surface area contributed by atoms with Gasteiger partial charge in [0.15, 0.2) is 0 Å². The number of benzene rings is 3. The van der Waals surface area contributed by atoms with E-state index in [0.29, 0.717) is 19.1 Å². The molecule has 3 aromatic carbocycles. The quantitative estimate of drug-likeness (QED) is 0.364. The van der Waals surface area contributed by atoms with Crippen molar-refractivity contribution < 1.29 is 18.8 Å². The predicted octanol–water partition coefficient (Wildman–Crippen LogP) is 5.91. The molecule has 3 saturated heterocycles. The zero-order chi connectivity index (χ0) is 23.9. The van der Waals surface area contributed by atoms with Gasteiger partial charge in [0.1, 0.15) is 18.9 Å². The van der Waals surface area contributed by atoms with E-state index in [4.69, 9.17) is 9.47 Å². The maximum absolute atomic E-state index is 13.6. The van der Waals surface area contributed by atoms with Crippen molar-refractivity contribution in [3.63, 3.8) is 0 Å². The summed E-state index contributed by atoms with van der Waals surface area (Å²) >= 11 is 0. The Bertz CT molecular complexity index is 1070. The molecule has 0 spiro atoms. The normalized spacial score (nSPS) is 23.0. The average molecular weight is 472 g/mol. The lowest BCUT2D eigenvalue weighted by molar-refractivity contribution is -0.983.